The number of hydrogen-bond donors (Lipinski definition) is 3. The third-order valence-electron chi connectivity index (χ3n) is 7.41. The fourth-order valence-corrected chi connectivity index (χ4v) is 4.99. The number of carbonyl (C=O) groups is 3. The Kier molecular flexibility index (Phi) is 9.43. The molecular formula is C30H36ClN7O4. The van der Waals surface area contributed by atoms with E-state index in [9.17, 15) is 14.4 Å². The number of hydrogen-bond acceptors (Lipinski definition) is 9. The van der Waals surface area contributed by atoms with Crippen molar-refractivity contribution >= 4 is 40.9 Å². The first-order valence-electron chi connectivity index (χ1n) is 13.7. The summed E-state index contributed by atoms with van der Waals surface area (Å²) in [5, 5.41) is 5.65. The lowest BCUT2D eigenvalue weighted by Crippen LogP contribution is -2.66. The second-order valence-electron chi connectivity index (χ2n) is 11.0. The van der Waals surface area contributed by atoms with Gasteiger partial charge in [0.25, 0.3) is 5.91 Å². The van der Waals surface area contributed by atoms with Gasteiger partial charge in [0.2, 0.25) is 5.91 Å². The van der Waals surface area contributed by atoms with Gasteiger partial charge in [0, 0.05) is 20.1 Å². The second-order valence-corrected chi connectivity index (χ2v) is 11.4. The summed E-state index contributed by atoms with van der Waals surface area (Å²) in [5.74, 6) is -0.457. The molecule has 1 aliphatic heterocycles. The first kappa shape index (κ1) is 30.9. The Hall–Kier alpha value is -4.09. The highest BCUT2D eigenvalue weighted by molar-refractivity contribution is 6.30. The van der Waals surface area contributed by atoms with Gasteiger partial charge in [-0.1, -0.05) is 63.6 Å². The molecule has 1 aromatic carbocycles. The summed E-state index contributed by atoms with van der Waals surface area (Å²) in [7, 11) is 1.50. The normalized spacial score (nSPS) is 14.7. The van der Waals surface area contributed by atoms with Crippen LogP contribution in [0.3, 0.4) is 0 Å². The van der Waals surface area contributed by atoms with E-state index in [1.165, 1.54) is 19.3 Å². The largest absolute Gasteiger partial charge is 0.458 e. The number of nitrogens with zero attached hydrogens (tertiary/aromatic N) is 4. The molecule has 0 saturated carbocycles. The standard InChI is InChI=1S/C30H36ClN7O4/c1-17(2)20-8-6-7-9-22(20)30(29(41)37-23-12-35-24(31)10-21(23)27(39)33-5)15-38(16-30)25-13-34-19(11-36-25)14-42-28(40)26(32)18(3)4/h6-13,17-18,26H,14-16,32H2,1-5H3,(H,33,39)(H,37,41)/t26-/m0/s1. The van der Waals surface area contributed by atoms with Crippen molar-refractivity contribution in [1.82, 2.24) is 20.3 Å². The molecule has 3 aromatic rings. The SMILES string of the molecule is CNC(=O)c1cc(Cl)ncc1NC(=O)C1(c2ccccc2C(C)C)CN(c2cnc(COC(=O)[C@@H](N)C(C)C)cn2)C1. The van der Waals surface area contributed by atoms with Crippen molar-refractivity contribution in [2.75, 3.05) is 30.4 Å². The number of carbonyl (C=O) groups excluding carboxylic acids is 3. The van der Waals surface area contributed by atoms with Crippen LogP contribution in [0.1, 0.15) is 60.8 Å². The van der Waals surface area contributed by atoms with Crippen molar-refractivity contribution in [1.29, 1.82) is 0 Å². The molecule has 1 fully saturated rings. The third kappa shape index (κ3) is 6.37. The van der Waals surface area contributed by atoms with Gasteiger partial charge in [-0.3, -0.25) is 19.4 Å². The van der Waals surface area contributed by atoms with E-state index >= 15 is 0 Å². The molecule has 0 spiro atoms. The summed E-state index contributed by atoms with van der Waals surface area (Å²) in [6, 6.07) is 8.58. The zero-order chi connectivity index (χ0) is 30.6. The van der Waals surface area contributed by atoms with E-state index < -0.39 is 23.3 Å². The minimum absolute atomic E-state index is 0.0383. The average Bonchev–Trinajstić information content (AvgIpc) is 2.96. The van der Waals surface area contributed by atoms with Crippen molar-refractivity contribution in [2.45, 2.75) is 51.7 Å². The molecule has 2 aromatic heterocycles. The summed E-state index contributed by atoms with van der Waals surface area (Å²) in [6.45, 7) is 8.47. The van der Waals surface area contributed by atoms with Gasteiger partial charge in [-0.25, -0.2) is 9.97 Å². The van der Waals surface area contributed by atoms with Crippen LogP contribution in [0, 0.1) is 5.92 Å². The number of nitrogens with one attached hydrogen (secondary N) is 2. The smallest absolute Gasteiger partial charge is 0.323 e. The van der Waals surface area contributed by atoms with Crippen LogP contribution in [0.15, 0.2) is 48.9 Å². The Balaban J connectivity index is 1.58. The molecule has 1 saturated heterocycles. The highest BCUT2D eigenvalue weighted by Crippen LogP contribution is 2.41. The fraction of sp³-hybridized carbons (Fsp3) is 0.400. The number of pyridine rings is 1. The van der Waals surface area contributed by atoms with Gasteiger partial charge < -0.3 is 26.0 Å². The van der Waals surface area contributed by atoms with Gasteiger partial charge in [-0.05, 0) is 29.0 Å². The van der Waals surface area contributed by atoms with E-state index in [2.05, 4.69) is 39.4 Å². The molecule has 42 heavy (non-hydrogen) atoms. The van der Waals surface area contributed by atoms with Crippen molar-refractivity contribution < 1.29 is 19.1 Å². The number of halogens is 1. The Labute approximate surface area is 250 Å². The van der Waals surface area contributed by atoms with E-state index in [1.807, 2.05) is 43.0 Å². The maximum absolute atomic E-state index is 14.1. The Morgan fingerprint density at radius 2 is 1.79 bits per heavy atom. The van der Waals surface area contributed by atoms with Crippen molar-refractivity contribution in [2.24, 2.45) is 11.7 Å². The van der Waals surface area contributed by atoms with Gasteiger partial charge in [0.05, 0.1) is 35.5 Å². The molecule has 2 amide bonds. The molecular weight excluding hydrogens is 558 g/mol. The number of ether oxygens (including phenoxy) is 1. The Morgan fingerprint density at radius 3 is 2.40 bits per heavy atom. The van der Waals surface area contributed by atoms with E-state index in [0.29, 0.717) is 24.6 Å². The van der Waals surface area contributed by atoms with Crippen LogP contribution in [0.2, 0.25) is 5.15 Å². The number of esters is 1. The summed E-state index contributed by atoms with van der Waals surface area (Å²) in [5.41, 5.74) is 7.81. The van der Waals surface area contributed by atoms with Gasteiger partial charge >= 0.3 is 5.97 Å². The van der Waals surface area contributed by atoms with Crippen molar-refractivity contribution in [3.63, 3.8) is 0 Å². The number of aromatic nitrogens is 3. The number of amides is 2. The predicted molar refractivity (Wildman–Crippen MR) is 160 cm³/mol. The van der Waals surface area contributed by atoms with Gasteiger partial charge in [0.15, 0.2) is 0 Å². The lowest BCUT2D eigenvalue weighted by Gasteiger charge is -2.50. The molecule has 3 heterocycles. The monoisotopic (exact) mass is 593 g/mol. The number of rotatable bonds is 10. The topological polar surface area (TPSA) is 152 Å². The average molecular weight is 594 g/mol. The molecule has 11 nitrogen and oxygen atoms in total. The summed E-state index contributed by atoms with van der Waals surface area (Å²) >= 11 is 6.04. The fourth-order valence-electron chi connectivity index (χ4n) is 4.83. The van der Waals surface area contributed by atoms with Crippen LogP contribution in [0.4, 0.5) is 11.5 Å². The van der Waals surface area contributed by atoms with Crippen LogP contribution >= 0.6 is 11.6 Å². The molecule has 0 unspecified atom stereocenters. The third-order valence-corrected chi connectivity index (χ3v) is 7.62. The van der Waals surface area contributed by atoms with Crippen LogP contribution in [0.25, 0.3) is 0 Å². The Bertz CT molecular complexity index is 1460. The molecule has 0 radical (unpaired) electrons. The molecule has 1 atom stereocenters. The molecule has 4 rings (SSSR count). The van der Waals surface area contributed by atoms with Crippen LogP contribution < -0.4 is 21.3 Å². The van der Waals surface area contributed by atoms with Crippen molar-refractivity contribution in [3.8, 4) is 0 Å². The molecule has 0 bridgehead atoms. The zero-order valence-corrected chi connectivity index (χ0v) is 25.1. The minimum atomic E-state index is -0.941. The van der Waals surface area contributed by atoms with E-state index in [-0.39, 0.29) is 40.8 Å². The molecule has 222 valence electrons. The molecule has 4 N–H and O–H groups in total. The predicted octanol–water partition coefficient (Wildman–Crippen LogP) is 3.43. The number of benzene rings is 1. The van der Waals surface area contributed by atoms with Crippen molar-refractivity contribution in [3.05, 3.63) is 76.5 Å². The maximum atomic E-state index is 14.1. The van der Waals surface area contributed by atoms with E-state index in [4.69, 9.17) is 22.1 Å². The van der Waals surface area contributed by atoms with Gasteiger partial charge in [-0.15, -0.1) is 0 Å². The van der Waals surface area contributed by atoms with Crippen LogP contribution in [-0.4, -0.2) is 58.9 Å². The first-order chi connectivity index (χ1) is 20.0. The molecule has 0 aliphatic carbocycles. The van der Waals surface area contributed by atoms with Crippen LogP contribution in [-0.2, 0) is 26.3 Å². The maximum Gasteiger partial charge on any atom is 0.323 e. The highest BCUT2D eigenvalue weighted by Gasteiger charge is 2.52. The van der Waals surface area contributed by atoms with Gasteiger partial charge in [-0.2, -0.15) is 0 Å². The molecule has 1 aliphatic rings. The quantitative estimate of drug-likeness (QED) is 0.237. The Morgan fingerprint density at radius 1 is 1.07 bits per heavy atom. The number of nitrogens with two attached hydrogens (primary N) is 1. The summed E-state index contributed by atoms with van der Waals surface area (Å²) in [6.07, 6.45) is 4.52. The lowest BCUT2D eigenvalue weighted by molar-refractivity contribution is -0.147. The summed E-state index contributed by atoms with van der Waals surface area (Å²) < 4.78 is 5.27. The second kappa shape index (κ2) is 12.8. The first-order valence-corrected chi connectivity index (χ1v) is 14.1. The van der Waals surface area contributed by atoms with E-state index in [0.717, 1.165) is 11.1 Å². The van der Waals surface area contributed by atoms with Crippen LogP contribution in [0.5, 0.6) is 0 Å². The zero-order valence-electron chi connectivity index (χ0n) is 24.3. The number of anilines is 2. The van der Waals surface area contributed by atoms with E-state index in [1.54, 1.807) is 12.4 Å². The lowest BCUT2D eigenvalue weighted by atomic mass is 9.69. The molecule has 12 heteroatoms. The minimum Gasteiger partial charge on any atom is -0.458 e. The highest BCUT2D eigenvalue weighted by atomic mass is 35.5. The van der Waals surface area contributed by atoms with Gasteiger partial charge in [0.1, 0.15) is 29.0 Å². The summed E-state index contributed by atoms with van der Waals surface area (Å²) in [4.78, 5) is 53.6.